The number of hydrogen-bond acceptors (Lipinski definition) is 1. The number of rotatable bonds is 3. The van der Waals surface area contributed by atoms with Gasteiger partial charge in [-0.3, -0.25) is 0 Å². The van der Waals surface area contributed by atoms with Crippen molar-refractivity contribution in [2.24, 2.45) is 0 Å². The molecule has 1 atom stereocenters. The van der Waals surface area contributed by atoms with Crippen molar-refractivity contribution in [3.8, 4) is 0 Å². The van der Waals surface area contributed by atoms with Gasteiger partial charge in [-0.2, -0.15) is 0 Å². The molecule has 3 heteroatoms. The van der Waals surface area contributed by atoms with Crippen LogP contribution in [0.4, 0.5) is 5.69 Å². The molecule has 0 aliphatic heterocycles. The van der Waals surface area contributed by atoms with Gasteiger partial charge in [0.05, 0.1) is 15.7 Å². The Kier molecular flexibility index (Phi) is 4.15. The fourth-order valence-corrected chi connectivity index (χ4v) is 2.51. The molecular weight excluding hydrogens is 265 g/mol. The minimum Gasteiger partial charge on any atom is -0.376 e. The zero-order valence-corrected chi connectivity index (χ0v) is 11.9. The van der Waals surface area contributed by atoms with Gasteiger partial charge in [-0.15, -0.1) is 0 Å². The molecule has 0 aliphatic rings. The molecule has 0 aliphatic carbocycles. The average Bonchev–Trinajstić information content (AvgIpc) is 2.34. The van der Waals surface area contributed by atoms with Gasteiger partial charge in [0.25, 0.3) is 0 Å². The SMILES string of the molecule is Cc1ccccc1C(C)Nc1c(Cl)cccc1Cl. The maximum atomic E-state index is 6.15. The summed E-state index contributed by atoms with van der Waals surface area (Å²) in [6, 6.07) is 13.9. The van der Waals surface area contributed by atoms with Crippen LogP contribution in [-0.2, 0) is 0 Å². The highest BCUT2D eigenvalue weighted by Gasteiger charge is 2.11. The summed E-state index contributed by atoms with van der Waals surface area (Å²) < 4.78 is 0. The van der Waals surface area contributed by atoms with Crippen molar-refractivity contribution in [1.82, 2.24) is 0 Å². The molecule has 0 fully saturated rings. The highest BCUT2D eigenvalue weighted by Crippen LogP contribution is 2.33. The van der Waals surface area contributed by atoms with Crippen molar-refractivity contribution in [2.45, 2.75) is 19.9 Å². The third-order valence-corrected chi connectivity index (χ3v) is 3.61. The molecule has 18 heavy (non-hydrogen) atoms. The van der Waals surface area contributed by atoms with Crippen molar-refractivity contribution in [1.29, 1.82) is 0 Å². The lowest BCUT2D eigenvalue weighted by molar-refractivity contribution is 0.874. The summed E-state index contributed by atoms with van der Waals surface area (Å²) in [5.74, 6) is 0. The summed E-state index contributed by atoms with van der Waals surface area (Å²) in [5.41, 5.74) is 3.28. The van der Waals surface area contributed by atoms with Gasteiger partial charge in [0.2, 0.25) is 0 Å². The van der Waals surface area contributed by atoms with E-state index in [1.54, 1.807) is 0 Å². The number of anilines is 1. The first-order chi connectivity index (χ1) is 8.59. The van der Waals surface area contributed by atoms with Crippen molar-refractivity contribution in [3.63, 3.8) is 0 Å². The molecule has 0 heterocycles. The third kappa shape index (κ3) is 2.80. The van der Waals surface area contributed by atoms with Crippen molar-refractivity contribution < 1.29 is 0 Å². The van der Waals surface area contributed by atoms with E-state index in [-0.39, 0.29) is 6.04 Å². The first-order valence-electron chi connectivity index (χ1n) is 5.85. The first kappa shape index (κ1) is 13.3. The van der Waals surface area contributed by atoms with Gasteiger partial charge in [0.1, 0.15) is 0 Å². The number of para-hydroxylation sites is 1. The second kappa shape index (κ2) is 5.64. The van der Waals surface area contributed by atoms with Gasteiger partial charge in [-0.25, -0.2) is 0 Å². The molecule has 1 N–H and O–H groups in total. The van der Waals surface area contributed by atoms with Crippen LogP contribution in [0.25, 0.3) is 0 Å². The molecule has 2 aromatic carbocycles. The molecule has 0 amide bonds. The fraction of sp³-hybridized carbons (Fsp3) is 0.200. The summed E-state index contributed by atoms with van der Waals surface area (Å²) in [6.45, 7) is 4.20. The first-order valence-corrected chi connectivity index (χ1v) is 6.61. The highest BCUT2D eigenvalue weighted by atomic mass is 35.5. The molecule has 0 bridgehead atoms. The van der Waals surface area contributed by atoms with Crippen molar-refractivity contribution in [2.75, 3.05) is 5.32 Å². The number of benzene rings is 2. The Balaban J connectivity index is 2.27. The van der Waals surface area contributed by atoms with E-state index in [1.165, 1.54) is 11.1 Å². The summed E-state index contributed by atoms with van der Waals surface area (Å²) in [5, 5.41) is 4.65. The Labute approximate surface area is 118 Å². The van der Waals surface area contributed by atoms with Crippen LogP contribution in [0.2, 0.25) is 10.0 Å². The maximum Gasteiger partial charge on any atom is 0.0723 e. The summed E-state index contributed by atoms with van der Waals surface area (Å²) >= 11 is 12.3. The molecular formula is C15H15Cl2N. The van der Waals surface area contributed by atoms with Crippen LogP contribution >= 0.6 is 23.2 Å². The molecule has 2 rings (SSSR count). The number of hydrogen-bond donors (Lipinski definition) is 1. The minimum atomic E-state index is 0.156. The number of halogens is 2. The van der Waals surface area contributed by atoms with E-state index >= 15 is 0 Å². The Hall–Kier alpha value is -1.18. The molecule has 0 saturated heterocycles. The summed E-state index contributed by atoms with van der Waals surface area (Å²) in [6.07, 6.45) is 0. The predicted molar refractivity (Wildman–Crippen MR) is 79.7 cm³/mol. The van der Waals surface area contributed by atoms with E-state index in [0.29, 0.717) is 10.0 Å². The van der Waals surface area contributed by atoms with E-state index in [2.05, 4.69) is 31.3 Å². The normalized spacial score (nSPS) is 12.2. The van der Waals surface area contributed by atoms with Crippen molar-refractivity contribution in [3.05, 3.63) is 63.6 Å². The Morgan fingerprint density at radius 2 is 1.56 bits per heavy atom. The lowest BCUT2D eigenvalue weighted by Crippen LogP contribution is -2.08. The van der Waals surface area contributed by atoms with E-state index in [4.69, 9.17) is 23.2 Å². The van der Waals surface area contributed by atoms with Crippen LogP contribution in [0, 0.1) is 6.92 Å². The molecule has 0 radical (unpaired) electrons. The van der Waals surface area contributed by atoms with Gasteiger partial charge in [-0.1, -0.05) is 53.5 Å². The van der Waals surface area contributed by atoms with Crippen molar-refractivity contribution >= 4 is 28.9 Å². The molecule has 0 aromatic heterocycles. The minimum absolute atomic E-state index is 0.156. The maximum absolute atomic E-state index is 6.15. The Bertz CT molecular complexity index is 532. The summed E-state index contributed by atoms with van der Waals surface area (Å²) in [7, 11) is 0. The lowest BCUT2D eigenvalue weighted by Gasteiger charge is -2.19. The highest BCUT2D eigenvalue weighted by molar-refractivity contribution is 6.39. The molecule has 2 aromatic rings. The number of nitrogens with one attached hydrogen (secondary N) is 1. The van der Waals surface area contributed by atoms with Gasteiger partial charge in [0.15, 0.2) is 0 Å². The third-order valence-electron chi connectivity index (χ3n) is 2.98. The Morgan fingerprint density at radius 3 is 2.17 bits per heavy atom. The van der Waals surface area contributed by atoms with Crippen LogP contribution in [-0.4, -0.2) is 0 Å². The molecule has 94 valence electrons. The van der Waals surface area contributed by atoms with Crippen LogP contribution < -0.4 is 5.32 Å². The lowest BCUT2D eigenvalue weighted by atomic mass is 10.0. The van der Waals surface area contributed by atoms with Crippen LogP contribution in [0.15, 0.2) is 42.5 Å². The largest absolute Gasteiger partial charge is 0.376 e. The zero-order chi connectivity index (χ0) is 13.1. The second-order valence-electron chi connectivity index (χ2n) is 4.32. The van der Waals surface area contributed by atoms with E-state index in [0.717, 1.165) is 5.69 Å². The molecule has 1 unspecified atom stereocenters. The number of aryl methyl sites for hydroxylation is 1. The van der Waals surface area contributed by atoms with E-state index in [9.17, 15) is 0 Å². The molecule has 1 nitrogen and oxygen atoms in total. The van der Waals surface area contributed by atoms with E-state index in [1.807, 2.05) is 30.3 Å². The van der Waals surface area contributed by atoms with E-state index < -0.39 is 0 Å². The summed E-state index contributed by atoms with van der Waals surface area (Å²) in [4.78, 5) is 0. The monoisotopic (exact) mass is 279 g/mol. The van der Waals surface area contributed by atoms with Gasteiger partial charge >= 0.3 is 0 Å². The van der Waals surface area contributed by atoms with Crippen LogP contribution in [0.1, 0.15) is 24.1 Å². The van der Waals surface area contributed by atoms with Gasteiger partial charge in [0, 0.05) is 6.04 Å². The topological polar surface area (TPSA) is 12.0 Å². The molecule has 0 saturated carbocycles. The smallest absolute Gasteiger partial charge is 0.0723 e. The molecule has 0 spiro atoms. The van der Waals surface area contributed by atoms with Gasteiger partial charge < -0.3 is 5.32 Å². The van der Waals surface area contributed by atoms with Crippen LogP contribution in [0.3, 0.4) is 0 Å². The predicted octanol–water partition coefficient (Wildman–Crippen LogP) is 5.47. The fourth-order valence-electron chi connectivity index (χ4n) is 2.00. The second-order valence-corrected chi connectivity index (χ2v) is 5.13. The quantitative estimate of drug-likeness (QED) is 0.785. The Morgan fingerprint density at radius 1 is 0.944 bits per heavy atom. The van der Waals surface area contributed by atoms with Gasteiger partial charge in [-0.05, 0) is 37.1 Å². The zero-order valence-electron chi connectivity index (χ0n) is 10.4. The van der Waals surface area contributed by atoms with Crippen LogP contribution in [0.5, 0.6) is 0 Å². The average molecular weight is 280 g/mol. The standard InChI is InChI=1S/C15H15Cl2N/c1-10-6-3-4-7-12(10)11(2)18-15-13(16)8-5-9-14(15)17/h3-9,11,18H,1-2H3.